The highest BCUT2D eigenvalue weighted by atomic mass is 19.4. The average Bonchev–Trinajstić information content (AvgIpc) is 3.13. The molecule has 0 radical (unpaired) electrons. The molecule has 40 heavy (non-hydrogen) atoms. The molecule has 2 atom stereocenters. The first-order chi connectivity index (χ1) is 19.2. The van der Waals surface area contributed by atoms with Crippen molar-refractivity contribution in [2.45, 2.75) is 63.9 Å². The minimum absolute atomic E-state index is 0.00912. The van der Waals surface area contributed by atoms with Gasteiger partial charge in [0.15, 0.2) is 6.61 Å². The monoisotopic (exact) mass is 560 g/mol. The molecule has 1 aromatic carbocycles. The third kappa shape index (κ3) is 6.75. The van der Waals surface area contributed by atoms with Gasteiger partial charge in [-0.25, -0.2) is 4.98 Å². The number of hydrogen-bond donors (Lipinski definition) is 1. The van der Waals surface area contributed by atoms with E-state index in [4.69, 9.17) is 9.47 Å². The van der Waals surface area contributed by atoms with E-state index < -0.39 is 12.8 Å². The minimum Gasteiger partial charge on any atom is -0.468 e. The van der Waals surface area contributed by atoms with Gasteiger partial charge in [0.25, 0.3) is 11.8 Å². The van der Waals surface area contributed by atoms with E-state index in [1.165, 1.54) is 6.07 Å². The fraction of sp³-hybridized carbons (Fsp3) is 0.552. The Morgan fingerprint density at radius 3 is 2.75 bits per heavy atom. The van der Waals surface area contributed by atoms with Crippen LogP contribution in [0.5, 0.6) is 5.88 Å². The van der Waals surface area contributed by atoms with Gasteiger partial charge in [-0.3, -0.25) is 9.59 Å². The lowest BCUT2D eigenvalue weighted by molar-refractivity contribution is -0.154. The first kappa shape index (κ1) is 28.4. The molecule has 1 N–H and O–H groups in total. The van der Waals surface area contributed by atoms with Crippen LogP contribution in [0.4, 0.5) is 13.2 Å². The summed E-state index contributed by atoms with van der Waals surface area (Å²) in [5, 5.41) is 3.09. The Kier molecular flexibility index (Phi) is 8.60. The van der Waals surface area contributed by atoms with Crippen LogP contribution in [0.1, 0.15) is 63.7 Å². The van der Waals surface area contributed by atoms with Crippen molar-refractivity contribution in [1.82, 2.24) is 20.1 Å². The van der Waals surface area contributed by atoms with Crippen LogP contribution in [0, 0.1) is 0 Å². The summed E-state index contributed by atoms with van der Waals surface area (Å²) in [6.07, 6.45) is -0.313. The van der Waals surface area contributed by atoms with Gasteiger partial charge in [0, 0.05) is 62.0 Å². The van der Waals surface area contributed by atoms with Crippen molar-refractivity contribution in [3.05, 3.63) is 58.3 Å². The average molecular weight is 561 g/mol. The lowest BCUT2D eigenvalue weighted by Gasteiger charge is -2.31. The van der Waals surface area contributed by atoms with Crippen LogP contribution < -0.4 is 10.1 Å². The molecule has 216 valence electrons. The van der Waals surface area contributed by atoms with Gasteiger partial charge in [-0.05, 0) is 55.9 Å². The molecule has 3 aliphatic rings. The van der Waals surface area contributed by atoms with E-state index in [1.54, 1.807) is 23.1 Å². The van der Waals surface area contributed by atoms with Crippen molar-refractivity contribution in [2.75, 3.05) is 39.4 Å². The molecular weight excluding hydrogens is 525 g/mol. The molecule has 0 bridgehead atoms. The van der Waals surface area contributed by atoms with Crippen molar-refractivity contribution < 1.29 is 32.2 Å². The maximum atomic E-state index is 13.0. The second-order valence-corrected chi connectivity index (χ2v) is 10.6. The van der Waals surface area contributed by atoms with Gasteiger partial charge in [0.1, 0.15) is 0 Å². The number of amides is 2. The van der Waals surface area contributed by atoms with E-state index in [2.05, 4.69) is 15.2 Å². The van der Waals surface area contributed by atoms with Crippen molar-refractivity contribution in [3.8, 4) is 5.88 Å². The number of benzene rings is 1. The number of carbonyl (C=O) groups is 2. The summed E-state index contributed by atoms with van der Waals surface area (Å²) in [4.78, 5) is 33.9. The first-order valence-electron chi connectivity index (χ1n) is 13.9. The standard InChI is InChI=1S/C29H35F3N4O4/c1-2-36-16-24-22(4-3-5-23(24)28(36)38)27(37)33-20-7-8-21(39-17-20)11-14-35-13-10-19-6-9-26(34-25(19)12-15-35)40-18-29(30,31)32/h3-6,9,20-21H,2,7-8,10-18H2,1H3,(H,33,37)/t20-,21+/m0/s1. The highest BCUT2D eigenvalue weighted by Crippen LogP contribution is 2.27. The molecular formula is C29H35F3N4O4. The smallest absolute Gasteiger partial charge is 0.422 e. The van der Waals surface area contributed by atoms with Crippen LogP contribution in [-0.4, -0.2) is 84.3 Å². The fourth-order valence-electron chi connectivity index (χ4n) is 5.66. The number of alkyl halides is 3. The van der Waals surface area contributed by atoms with Crippen LogP contribution in [0.2, 0.25) is 0 Å². The van der Waals surface area contributed by atoms with Crippen molar-refractivity contribution in [2.24, 2.45) is 0 Å². The zero-order valence-corrected chi connectivity index (χ0v) is 22.6. The summed E-state index contributed by atoms with van der Waals surface area (Å²) in [5.74, 6) is -0.186. The van der Waals surface area contributed by atoms with Crippen LogP contribution in [-0.2, 0) is 24.1 Å². The maximum Gasteiger partial charge on any atom is 0.422 e. The molecule has 0 unspecified atom stereocenters. The SMILES string of the molecule is CCN1Cc2c(C(=O)N[C@H]3CC[C@H](CCN4CCc5ccc(OCC(F)(F)F)nc5CC4)OC3)cccc2C1=O. The Hall–Kier alpha value is -3.18. The molecule has 2 aromatic rings. The number of pyridine rings is 1. The highest BCUT2D eigenvalue weighted by Gasteiger charge is 2.31. The van der Waals surface area contributed by atoms with E-state index in [9.17, 15) is 22.8 Å². The number of nitrogens with zero attached hydrogens (tertiary/aromatic N) is 3. The van der Waals surface area contributed by atoms with Gasteiger partial charge in [-0.15, -0.1) is 0 Å². The van der Waals surface area contributed by atoms with Crippen molar-refractivity contribution in [3.63, 3.8) is 0 Å². The minimum atomic E-state index is -4.39. The molecule has 2 amide bonds. The normalized spacial score (nSPS) is 21.5. The van der Waals surface area contributed by atoms with Crippen LogP contribution in [0.25, 0.3) is 0 Å². The third-order valence-corrected chi connectivity index (χ3v) is 7.93. The predicted molar refractivity (Wildman–Crippen MR) is 141 cm³/mol. The largest absolute Gasteiger partial charge is 0.468 e. The molecule has 1 fully saturated rings. The second-order valence-electron chi connectivity index (χ2n) is 10.6. The van der Waals surface area contributed by atoms with Gasteiger partial charge >= 0.3 is 6.18 Å². The number of rotatable bonds is 8. The van der Waals surface area contributed by atoms with Gasteiger partial charge in [-0.1, -0.05) is 12.1 Å². The second kappa shape index (κ2) is 12.1. The number of ether oxygens (including phenoxy) is 2. The maximum absolute atomic E-state index is 13.0. The summed E-state index contributed by atoms with van der Waals surface area (Å²) in [7, 11) is 0. The predicted octanol–water partition coefficient (Wildman–Crippen LogP) is 3.77. The summed E-state index contributed by atoms with van der Waals surface area (Å²) in [6, 6.07) is 8.57. The van der Waals surface area contributed by atoms with E-state index in [0.29, 0.717) is 37.2 Å². The Morgan fingerprint density at radius 1 is 1.18 bits per heavy atom. The molecule has 1 aromatic heterocycles. The Balaban J connectivity index is 1.06. The molecule has 4 heterocycles. The van der Waals surface area contributed by atoms with Crippen LogP contribution in [0.15, 0.2) is 30.3 Å². The molecule has 5 rings (SSSR count). The molecule has 0 aliphatic carbocycles. The summed E-state index contributed by atoms with van der Waals surface area (Å²) in [6.45, 7) is 4.57. The van der Waals surface area contributed by atoms with E-state index in [0.717, 1.165) is 62.1 Å². The van der Waals surface area contributed by atoms with E-state index in [1.807, 2.05) is 13.0 Å². The third-order valence-electron chi connectivity index (χ3n) is 7.93. The van der Waals surface area contributed by atoms with Gasteiger partial charge in [-0.2, -0.15) is 13.2 Å². The number of aromatic nitrogens is 1. The number of halogens is 3. The number of hydrogen-bond acceptors (Lipinski definition) is 6. The molecule has 11 heteroatoms. The Morgan fingerprint density at radius 2 is 2.00 bits per heavy atom. The van der Waals surface area contributed by atoms with Crippen molar-refractivity contribution >= 4 is 11.8 Å². The zero-order valence-electron chi connectivity index (χ0n) is 22.6. The lowest BCUT2D eigenvalue weighted by Crippen LogP contribution is -2.43. The van der Waals surface area contributed by atoms with E-state index >= 15 is 0 Å². The zero-order chi connectivity index (χ0) is 28.3. The highest BCUT2D eigenvalue weighted by molar-refractivity contribution is 6.04. The van der Waals surface area contributed by atoms with Gasteiger partial charge in [0.2, 0.25) is 5.88 Å². The first-order valence-corrected chi connectivity index (χ1v) is 13.9. The Labute approximate surface area is 231 Å². The summed E-state index contributed by atoms with van der Waals surface area (Å²) < 4.78 is 48.3. The molecule has 0 saturated carbocycles. The van der Waals surface area contributed by atoms with Crippen LogP contribution >= 0.6 is 0 Å². The van der Waals surface area contributed by atoms with Crippen molar-refractivity contribution in [1.29, 1.82) is 0 Å². The fourth-order valence-corrected chi connectivity index (χ4v) is 5.66. The molecule has 8 nitrogen and oxygen atoms in total. The summed E-state index contributed by atoms with van der Waals surface area (Å²) in [5.41, 5.74) is 3.80. The van der Waals surface area contributed by atoms with Crippen LogP contribution in [0.3, 0.4) is 0 Å². The number of carbonyl (C=O) groups excluding carboxylic acids is 2. The lowest BCUT2D eigenvalue weighted by atomic mass is 10.00. The topological polar surface area (TPSA) is 84.0 Å². The molecule has 1 saturated heterocycles. The van der Waals surface area contributed by atoms with E-state index in [-0.39, 0.29) is 29.8 Å². The molecule has 3 aliphatic heterocycles. The van der Waals surface area contributed by atoms with Gasteiger partial charge in [0.05, 0.1) is 18.8 Å². The quantitative estimate of drug-likeness (QED) is 0.530. The molecule has 0 spiro atoms. The number of fused-ring (bicyclic) bond motifs is 2. The Bertz CT molecular complexity index is 1230. The summed E-state index contributed by atoms with van der Waals surface area (Å²) >= 11 is 0. The van der Waals surface area contributed by atoms with Gasteiger partial charge < -0.3 is 24.6 Å². The number of nitrogens with one attached hydrogen (secondary N) is 1.